The highest BCUT2D eigenvalue weighted by molar-refractivity contribution is 6.14. The molecule has 1 unspecified atom stereocenters. The van der Waals surface area contributed by atoms with E-state index < -0.39 is 0 Å². The van der Waals surface area contributed by atoms with Crippen molar-refractivity contribution in [2.24, 2.45) is 22.0 Å². The largest absolute Gasteiger partial charge is 0.511 e. The maximum atomic E-state index is 12.3. The van der Waals surface area contributed by atoms with Crippen LogP contribution in [0.5, 0.6) is 0 Å². The number of aliphatic imine (C=N–C) groups is 1. The average Bonchev–Trinajstić information content (AvgIpc) is 2.54. The molecule has 0 bridgehead atoms. The number of carbonyl (C=O) groups is 1. The summed E-state index contributed by atoms with van der Waals surface area (Å²) in [7, 11) is 1.51. The predicted octanol–water partition coefficient (Wildman–Crippen LogP) is 4.60. The van der Waals surface area contributed by atoms with E-state index in [4.69, 9.17) is 4.84 Å². The number of aliphatic hydroxyl groups is 1. The zero-order chi connectivity index (χ0) is 18.4. The highest BCUT2D eigenvalue weighted by atomic mass is 16.6. The van der Waals surface area contributed by atoms with Crippen LogP contribution in [0.3, 0.4) is 0 Å². The van der Waals surface area contributed by atoms with Crippen molar-refractivity contribution in [2.75, 3.05) is 7.11 Å². The number of benzene rings is 1. The van der Waals surface area contributed by atoms with E-state index in [1.54, 1.807) is 0 Å². The lowest BCUT2D eigenvalue weighted by atomic mass is 9.82. The van der Waals surface area contributed by atoms with Gasteiger partial charge < -0.3 is 9.94 Å². The highest BCUT2D eigenvalue weighted by Crippen LogP contribution is 2.30. The number of hydrogen-bond donors (Lipinski definition) is 1. The van der Waals surface area contributed by atoms with Gasteiger partial charge in [0.2, 0.25) is 0 Å². The molecular formula is C20H26N2O3. The summed E-state index contributed by atoms with van der Waals surface area (Å²) in [6.07, 6.45) is 3.46. The maximum Gasteiger partial charge on any atom is 0.168 e. The molecule has 0 radical (unpaired) electrons. The summed E-state index contributed by atoms with van der Waals surface area (Å²) in [6.45, 7) is 6.12. The van der Waals surface area contributed by atoms with Crippen LogP contribution in [0.1, 0.15) is 45.6 Å². The predicted molar refractivity (Wildman–Crippen MR) is 101 cm³/mol. The first-order valence-electron chi connectivity index (χ1n) is 8.58. The lowest BCUT2D eigenvalue weighted by molar-refractivity contribution is -0.116. The second-order valence-electron chi connectivity index (χ2n) is 6.85. The summed E-state index contributed by atoms with van der Waals surface area (Å²) in [6, 6.07) is 7.46. The number of allylic oxidation sites excluding steroid dienone is 2. The van der Waals surface area contributed by atoms with Crippen LogP contribution in [0.25, 0.3) is 0 Å². The zero-order valence-electron chi connectivity index (χ0n) is 15.3. The molecule has 1 aromatic rings. The van der Waals surface area contributed by atoms with Gasteiger partial charge in [0.05, 0.1) is 17.0 Å². The van der Waals surface area contributed by atoms with E-state index in [-0.39, 0.29) is 17.5 Å². The van der Waals surface area contributed by atoms with E-state index in [1.165, 1.54) is 13.3 Å². The van der Waals surface area contributed by atoms with Gasteiger partial charge in [-0.15, -0.1) is 0 Å². The number of oxime groups is 1. The minimum absolute atomic E-state index is 0.0298. The van der Waals surface area contributed by atoms with Gasteiger partial charge >= 0.3 is 0 Å². The molecule has 5 heteroatoms. The van der Waals surface area contributed by atoms with Gasteiger partial charge in [0, 0.05) is 19.1 Å². The summed E-state index contributed by atoms with van der Waals surface area (Å²) in [5, 5.41) is 14.1. The summed E-state index contributed by atoms with van der Waals surface area (Å²) >= 11 is 0. The van der Waals surface area contributed by atoms with Gasteiger partial charge in [-0.3, -0.25) is 9.79 Å². The van der Waals surface area contributed by atoms with E-state index in [1.807, 2.05) is 31.2 Å². The van der Waals surface area contributed by atoms with Gasteiger partial charge in [-0.1, -0.05) is 31.1 Å². The molecule has 134 valence electrons. The number of carbonyl (C=O) groups excluding carboxylic acids is 1. The molecule has 2 rings (SSSR count). The Balaban J connectivity index is 2.10. The van der Waals surface area contributed by atoms with Gasteiger partial charge in [-0.25, -0.2) is 0 Å². The number of hydrogen-bond acceptors (Lipinski definition) is 5. The van der Waals surface area contributed by atoms with Crippen LogP contribution in [0.15, 0.2) is 45.7 Å². The number of ketones is 1. The molecule has 0 amide bonds. The minimum Gasteiger partial charge on any atom is -0.511 e. The Hall–Kier alpha value is -2.43. The van der Waals surface area contributed by atoms with Crippen LogP contribution >= 0.6 is 0 Å². The third kappa shape index (κ3) is 5.28. The normalized spacial score (nSPS) is 19.2. The Morgan fingerprint density at radius 2 is 2.00 bits per heavy atom. The van der Waals surface area contributed by atoms with Crippen molar-refractivity contribution < 1.29 is 14.7 Å². The minimum atomic E-state index is -0.0298. The second-order valence-corrected chi connectivity index (χ2v) is 6.85. The van der Waals surface area contributed by atoms with Crippen LogP contribution < -0.4 is 0 Å². The Morgan fingerprint density at radius 3 is 2.56 bits per heavy atom. The molecule has 0 saturated heterocycles. The number of rotatable bonds is 6. The molecular weight excluding hydrogens is 316 g/mol. The van der Waals surface area contributed by atoms with Gasteiger partial charge in [0.1, 0.15) is 12.9 Å². The SMILES string of the molecule is CO/N=C(/C)c1ccc(N=CC2=C(O)CC(CC(C)C)CC2=O)cc1. The van der Waals surface area contributed by atoms with Gasteiger partial charge in [0.15, 0.2) is 5.78 Å². The van der Waals surface area contributed by atoms with Crippen molar-refractivity contribution in [1.29, 1.82) is 0 Å². The average molecular weight is 342 g/mol. The van der Waals surface area contributed by atoms with Crippen LogP contribution in [-0.2, 0) is 9.63 Å². The zero-order valence-corrected chi connectivity index (χ0v) is 15.3. The van der Waals surface area contributed by atoms with Gasteiger partial charge in [-0.2, -0.15) is 0 Å². The van der Waals surface area contributed by atoms with Crippen LogP contribution in [0.4, 0.5) is 5.69 Å². The monoisotopic (exact) mass is 342 g/mol. The molecule has 5 nitrogen and oxygen atoms in total. The summed E-state index contributed by atoms with van der Waals surface area (Å²) < 4.78 is 0. The van der Waals surface area contributed by atoms with Crippen LogP contribution in [-0.4, -0.2) is 29.9 Å². The molecule has 0 heterocycles. The van der Waals surface area contributed by atoms with Crippen molar-refractivity contribution in [1.82, 2.24) is 0 Å². The molecule has 1 aliphatic carbocycles. The molecule has 0 aromatic heterocycles. The quantitative estimate of drug-likeness (QED) is 0.607. The summed E-state index contributed by atoms with van der Waals surface area (Å²) in [5.74, 6) is 0.875. The third-order valence-corrected chi connectivity index (χ3v) is 4.23. The number of Topliss-reactive ketones (excluding diaryl/α,β-unsaturated/α-hetero) is 1. The first kappa shape index (κ1) is 18.9. The Labute approximate surface area is 149 Å². The van der Waals surface area contributed by atoms with Crippen molar-refractivity contribution in [3.63, 3.8) is 0 Å². The van der Waals surface area contributed by atoms with Crippen molar-refractivity contribution in [3.05, 3.63) is 41.2 Å². The smallest absolute Gasteiger partial charge is 0.168 e. The molecule has 25 heavy (non-hydrogen) atoms. The molecule has 1 N–H and O–H groups in total. The maximum absolute atomic E-state index is 12.3. The second kappa shape index (κ2) is 8.60. The Morgan fingerprint density at radius 1 is 1.32 bits per heavy atom. The van der Waals surface area contributed by atoms with Gasteiger partial charge in [0.25, 0.3) is 0 Å². The Bertz CT molecular complexity index is 700. The number of nitrogens with zero attached hydrogens (tertiary/aromatic N) is 2. The molecule has 0 aliphatic heterocycles. The summed E-state index contributed by atoms with van der Waals surface area (Å²) in [4.78, 5) is 21.4. The van der Waals surface area contributed by atoms with Crippen LogP contribution in [0, 0.1) is 11.8 Å². The molecule has 1 aromatic carbocycles. The first-order chi connectivity index (χ1) is 11.9. The lowest BCUT2D eigenvalue weighted by Gasteiger charge is -2.23. The topological polar surface area (TPSA) is 71.2 Å². The molecule has 1 aliphatic rings. The van der Waals surface area contributed by atoms with Crippen molar-refractivity contribution in [2.45, 2.75) is 40.0 Å². The van der Waals surface area contributed by atoms with Gasteiger partial charge in [-0.05, 0) is 42.9 Å². The lowest BCUT2D eigenvalue weighted by Crippen LogP contribution is -2.21. The van der Waals surface area contributed by atoms with E-state index in [2.05, 4.69) is 24.0 Å². The first-order valence-corrected chi connectivity index (χ1v) is 8.58. The van der Waals surface area contributed by atoms with E-state index in [0.717, 1.165) is 17.7 Å². The van der Waals surface area contributed by atoms with Crippen LogP contribution in [0.2, 0.25) is 0 Å². The molecule has 0 saturated carbocycles. The fourth-order valence-electron chi connectivity index (χ4n) is 3.09. The van der Waals surface area contributed by atoms with Crippen molar-refractivity contribution >= 4 is 23.4 Å². The number of aliphatic hydroxyl groups excluding tert-OH is 1. The van der Waals surface area contributed by atoms with E-state index in [9.17, 15) is 9.90 Å². The van der Waals surface area contributed by atoms with E-state index >= 15 is 0 Å². The summed E-state index contributed by atoms with van der Waals surface area (Å²) in [5.41, 5.74) is 2.76. The standard InChI is InChI=1S/C20H26N2O3/c1-13(2)9-15-10-19(23)18(20(24)11-15)12-21-17-7-5-16(6-8-17)14(3)22-25-4/h5-8,12-13,15,23H,9-11H2,1-4H3/b21-12?,22-14-. The highest BCUT2D eigenvalue weighted by Gasteiger charge is 2.27. The molecule has 1 atom stereocenters. The van der Waals surface area contributed by atoms with Crippen molar-refractivity contribution in [3.8, 4) is 0 Å². The molecule has 0 fully saturated rings. The molecule has 0 spiro atoms. The third-order valence-electron chi connectivity index (χ3n) is 4.23. The fourth-order valence-corrected chi connectivity index (χ4v) is 3.09. The Kier molecular flexibility index (Phi) is 6.51. The van der Waals surface area contributed by atoms with E-state index in [0.29, 0.717) is 30.0 Å². The fraction of sp³-hybridized carbons (Fsp3) is 0.450.